The molecule has 1 atom stereocenters. The van der Waals surface area contributed by atoms with Crippen LogP contribution in [0.25, 0.3) is 10.2 Å². The zero-order valence-corrected chi connectivity index (χ0v) is 11.2. The number of nitrogen functional groups attached to an aromatic ring is 1. The molecule has 2 aromatic heterocycles. The van der Waals surface area contributed by atoms with Crippen LogP contribution in [0.4, 0.5) is 5.69 Å². The van der Waals surface area contributed by atoms with Crippen LogP contribution in [-0.2, 0) is 4.74 Å². The van der Waals surface area contributed by atoms with Gasteiger partial charge in [-0.25, -0.2) is 4.98 Å². The molecule has 0 spiro atoms. The molecule has 0 aliphatic rings. The van der Waals surface area contributed by atoms with Gasteiger partial charge in [0.05, 0.1) is 18.4 Å². The zero-order valence-electron chi connectivity index (χ0n) is 10.4. The Morgan fingerprint density at radius 3 is 3.16 bits per heavy atom. The number of thiophene rings is 1. The maximum atomic E-state index is 12.0. The molecule has 0 aliphatic carbocycles. The summed E-state index contributed by atoms with van der Waals surface area (Å²) in [6.07, 6.45) is 0.921. The number of nitrogens with two attached hydrogens (primary N) is 1. The quantitative estimate of drug-likeness (QED) is 0.746. The second-order valence-corrected chi connectivity index (χ2v) is 5.02. The number of anilines is 1. The van der Waals surface area contributed by atoms with E-state index in [1.54, 1.807) is 12.3 Å². The average Bonchev–Trinajstić information content (AvgIpc) is 2.74. The number of nitrogens with one attached hydrogen (secondary N) is 1. The maximum absolute atomic E-state index is 12.0. The van der Waals surface area contributed by atoms with Crippen molar-refractivity contribution in [1.29, 1.82) is 0 Å². The highest BCUT2D eigenvalue weighted by Gasteiger charge is 2.17. The Hall–Kier alpha value is -1.70. The van der Waals surface area contributed by atoms with Gasteiger partial charge in [0.1, 0.15) is 9.71 Å². The number of pyridine rings is 1. The van der Waals surface area contributed by atoms with Crippen LogP contribution in [0.5, 0.6) is 0 Å². The smallest absolute Gasteiger partial charge is 0.263 e. The lowest BCUT2D eigenvalue weighted by Crippen LogP contribution is -2.34. The van der Waals surface area contributed by atoms with E-state index in [2.05, 4.69) is 10.3 Å². The summed E-state index contributed by atoms with van der Waals surface area (Å²) in [4.78, 5) is 17.3. The Labute approximate surface area is 114 Å². The first-order chi connectivity index (χ1) is 9.13. The lowest BCUT2D eigenvalue weighted by atomic mass is 10.2. The molecular weight excluding hydrogens is 266 g/mol. The van der Waals surface area contributed by atoms with Gasteiger partial charge in [0.2, 0.25) is 0 Å². The Bertz CT molecular complexity index is 585. The molecular formula is C12H15N3O3S. The molecule has 0 saturated heterocycles. The molecule has 102 valence electrons. The van der Waals surface area contributed by atoms with E-state index in [1.165, 1.54) is 18.4 Å². The molecule has 1 amide bonds. The number of aliphatic hydroxyl groups excluding tert-OH is 1. The van der Waals surface area contributed by atoms with E-state index >= 15 is 0 Å². The minimum Gasteiger partial charge on any atom is -0.397 e. The number of ether oxygens (including phenoxy) is 1. The van der Waals surface area contributed by atoms with Crippen LogP contribution in [-0.4, -0.2) is 42.4 Å². The van der Waals surface area contributed by atoms with Crippen LogP contribution in [0, 0.1) is 0 Å². The Morgan fingerprint density at radius 2 is 2.47 bits per heavy atom. The molecule has 0 bridgehead atoms. The van der Waals surface area contributed by atoms with Crippen LogP contribution < -0.4 is 11.1 Å². The first-order valence-electron chi connectivity index (χ1n) is 5.71. The zero-order chi connectivity index (χ0) is 13.8. The lowest BCUT2D eigenvalue weighted by molar-refractivity contribution is 0.0611. The van der Waals surface area contributed by atoms with Crippen LogP contribution in [0.1, 0.15) is 9.67 Å². The second kappa shape index (κ2) is 5.96. The van der Waals surface area contributed by atoms with Gasteiger partial charge in [-0.1, -0.05) is 0 Å². The first-order valence-corrected chi connectivity index (χ1v) is 6.53. The van der Waals surface area contributed by atoms with Gasteiger partial charge in [0.15, 0.2) is 0 Å². The van der Waals surface area contributed by atoms with Crippen molar-refractivity contribution in [3.05, 3.63) is 23.2 Å². The highest BCUT2D eigenvalue weighted by Crippen LogP contribution is 2.31. The maximum Gasteiger partial charge on any atom is 0.263 e. The molecule has 0 aromatic carbocycles. The molecule has 6 nitrogen and oxygen atoms in total. The Balaban J connectivity index is 2.11. The fourth-order valence-electron chi connectivity index (χ4n) is 1.66. The number of hydrogen-bond acceptors (Lipinski definition) is 6. The van der Waals surface area contributed by atoms with Crippen LogP contribution >= 0.6 is 11.3 Å². The summed E-state index contributed by atoms with van der Waals surface area (Å²) in [5, 5.41) is 12.9. The van der Waals surface area contributed by atoms with E-state index in [-0.39, 0.29) is 19.1 Å². The lowest BCUT2D eigenvalue weighted by Gasteiger charge is -2.10. The van der Waals surface area contributed by atoms with Gasteiger partial charge in [-0.2, -0.15) is 0 Å². The van der Waals surface area contributed by atoms with Crippen molar-refractivity contribution in [1.82, 2.24) is 10.3 Å². The molecule has 1 unspecified atom stereocenters. The summed E-state index contributed by atoms with van der Waals surface area (Å²) in [6.45, 7) is 0.289. The van der Waals surface area contributed by atoms with Crippen molar-refractivity contribution in [3.63, 3.8) is 0 Å². The monoisotopic (exact) mass is 281 g/mol. The van der Waals surface area contributed by atoms with Gasteiger partial charge in [-0.3, -0.25) is 4.79 Å². The molecule has 7 heteroatoms. The minimum absolute atomic E-state index is 0.119. The van der Waals surface area contributed by atoms with Gasteiger partial charge in [-0.15, -0.1) is 11.3 Å². The van der Waals surface area contributed by atoms with E-state index in [9.17, 15) is 9.90 Å². The fraction of sp³-hybridized carbons (Fsp3) is 0.333. The first kappa shape index (κ1) is 13.7. The number of fused-ring (bicyclic) bond motifs is 1. The highest BCUT2D eigenvalue weighted by atomic mass is 32.1. The molecule has 4 N–H and O–H groups in total. The predicted octanol–water partition coefficient (Wildman–Crippen LogP) is 0.616. The summed E-state index contributed by atoms with van der Waals surface area (Å²) >= 11 is 1.24. The van der Waals surface area contributed by atoms with Gasteiger partial charge in [0.25, 0.3) is 5.91 Å². The number of carbonyl (C=O) groups is 1. The van der Waals surface area contributed by atoms with Gasteiger partial charge >= 0.3 is 0 Å². The third-order valence-electron chi connectivity index (χ3n) is 2.57. The number of carbonyl (C=O) groups excluding carboxylic acids is 1. The van der Waals surface area contributed by atoms with Gasteiger partial charge in [-0.05, 0) is 12.1 Å². The number of nitrogens with zero attached hydrogens (tertiary/aromatic N) is 1. The van der Waals surface area contributed by atoms with E-state index in [0.717, 1.165) is 10.2 Å². The highest BCUT2D eigenvalue weighted by molar-refractivity contribution is 7.21. The van der Waals surface area contributed by atoms with Crippen LogP contribution in [0.2, 0.25) is 0 Å². The van der Waals surface area contributed by atoms with E-state index in [1.807, 2.05) is 6.07 Å². The standard InChI is InChI=1S/C12H15N3O3S/c1-18-6-7(16)5-15-11(17)10-9(13)8-3-2-4-14-12(8)19-10/h2-4,7,16H,5-6,13H2,1H3,(H,15,17). The third-order valence-corrected chi connectivity index (χ3v) is 3.70. The predicted molar refractivity (Wildman–Crippen MR) is 74.2 cm³/mol. The summed E-state index contributed by atoms with van der Waals surface area (Å²) in [7, 11) is 1.49. The number of rotatable bonds is 5. The van der Waals surface area contributed by atoms with Gasteiger partial charge in [0, 0.05) is 25.2 Å². The van der Waals surface area contributed by atoms with Crippen molar-refractivity contribution in [2.24, 2.45) is 0 Å². The second-order valence-electron chi connectivity index (χ2n) is 4.02. The summed E-state index contributed by atoms with van der Waals surface area (Å²) in [5.74, 6) is -0.310. The van der Waals surface area contributed by atoms with E-state index in [4.69, 9.17) is 10.5 Å². The summed E-state index contributed by atoms with van der Waals surface area (Å²) in [6, 6.07) is 3.60. The number of methoxy groups -OCH3 is 1. The summed E-state index contributed by atoms with van der Waals surface area (Å²) in [5.41, 5.74) is 6.35. The molecule has 2 rings (SSSR count). The van der Waals surface area contributed by atoms with E-state index in [0.29, 0.717) is 10.6 Å². The molecule has 0 aliphatic heterocycles. The summed E-state index contributed by atoms with van der Waals surface area (Å²) < 4.78 is 4.78. The number of aliphatic hydroxyl groups is 1. The van der Waals surface area contributed by atoms with E-state index < -0.39 is 6.10 Å². The van der Waals surface area contributed by atoms with Crippen molar-refractivity contribution in [2.75, 3.05) is 26.0 Å². The molecule has 2 heterocycles. The number of hydrogen-bond donors (Lipinski definition) is 3. The largest absolute Gasteiger partial charge is 0.397 e. The van der Waals surface area contributed by atoms with Crippen molar-refractivity contribution in [3.8, 4) is 0 Å². The topological polar surface area (TPSA) is 97.5 Å². The normalized spacial score (nSPS) is 12.5. The van der Waals surface area contributed by atoms with Crippen molar-refractivity contribution < 1.29 is 14.6 Å². The SMILES string of the molecule is COCC(O)CNC(=O)c1sc2ncccc2c1N. The Morgan fingerprint density at radius 1 is 1.68 bits per heavy atom. The third kappa shape index (κ3) is 3.01. The van der Waals surface area contributed by atoms with Crippen molar-refractivity contribution in [2.45, 2.75) is 6.10 Å². The molecule has 19 heavy (non-hydrogen) atoms. The van der Waals surface area contributed by atoms with Crippen molar-refractivity contribution >= 4 is 33.1 Å². The average molecular weight is 281 g/mol. The van der Waals surface area contributed by atoms with Crippen LogP contribution in [0.3, 0.4) is 0 Å². The molecule has 0 saturated carbocycles. The van der Waals surface area contributed by atoms with Crippen LogP contribution in [0.15, 0.2) is 18.3 Å². The minimum atomic E-state index is -0.734. The van der Waals surface area contributed by atoms with Gasteiger partial charge < -0.3 is 20.9 Å². The molecule has 2 aromatic rings. The number of amides is 1. The Kier molecular flexibility index (Phi) is 4.31. The number of aromatic nitrogens is 1. The molecule has 0 fully saturated rings. The fourth-order valence-corrected chi connectivity index (χ4v) is 2.64. The molecule has 0 radical (unpaired) electrons.